The van der Waals surface area contributed by atoms with Crippen molar-refractivity contribution in [2.24, 2.45) is 5.92 Å². The number of carboxylic acid groups (broad SMARTS) is 1. The fourth-order valence-corrected chi connectivity index (χ4v) is 7.31. The molecule has 5 heterocycles. The Morgan fingerprint density at radius 2 is 2.00 bits per heavy atom. The predicted molar refractivity (Wildman–Crippen MR) is 158 cm³/mol. The number of carboxylic acids is 1. The van der Waals surface area contributed by atoms with E-state index in [9.17, 15) is 23.8 Å². The highest BCUT2D eigenvalue weighted by Gasteiger charge is 2.49. The number of halogens is 3. The Kier molecular flexibility index (Phi) is 6.99. The number of phenolic OH excluding ortho intramolecular Hbond substituents is 1. The highest BCUT2D eigenvalue weighted by molar-refractivity contribution is 6.01. The van der Waals surface area contributed by atoms with Gasteiger partial charge in [0.1, 0.15) is 41.4 Å². The largest absolute Gasteiger partial charge is 0.508 e. The summed E-state index contributed by atoms with van der Waals surface area (Å²) in [5.41, 5.74) is -0.0512. The van der Waals surface area contributed by atoms with Crippen LogP contribution in [0.2, 0.25) is 0 Å². The van der Waals surface area contributed by atoms with Crippen LogP contribution in [0.5, 0.6) is 11.8 Å². The summed E-state index contributed by atoms with van der Waals surface area (Å²) < 4.78 is 52.0. The summed E-state index contributed by atoms with van der Waals surface area (Å²) in [6.07, 6.45) is 2.90. The molecule has 3 aliphatic heterocycles. The Morgan fingerprint density at radius 1 is 1.18 bits per heavy atom. The number of pyridine rings is 1. The maximum Gasteiger partial charge on any atom is 0.319 e. The van der Waals surface area contributed by atoms with E-state index in [-0.39, 0.29) is 47.5 Å². The van der Waals surface area contributed by atoms with Crippen molar-refractivity contribution in [3.05, 3.63) is 47.7 Å². The van der Waals surface area contributed by atoms with Gasteiger partial charge in [-0.2, -0.15) is 9.97 Å². The van der Waals surface area contributed by atoms with E-state index in [0.717, 1.165) is 19.4 Å². The number of hydrogen-bond acceptors (Lipinski definition) is 8. The van der Waals surface area contributed by atoms with Crippen LogP contribution in [0.4, 0.5) is 19.0 Å². The first-order chi connectivity index (χ1) is 21.2. The zero-order chi connectivity index (χ0) is 30.7. The lowest BCUT2D eigenvalue weighted by Gasteiger charge is -2.40. The Hall–Kier alpha value is -4.19. The summed E-state index contributed by atoms with van der Waals surface area (Å²) in [4.78, 5) is 28.7. The fraction of sp³-hybridized carbons (Fsp3) is 0.438. The monoisotopic (exact) mass is 607 g/mol. The Balaban J connectivity index is 1.34. The quantitative estimate of drug-likeness (QED) is 0.277. The molecule has 44 heavy (non-hydrogen) atoms. The highest BCUT2D eigenvalue weighted by Crippen LogP contribution is 2.42. The van der Waals surface area contributed by atoms with E-state index < -0.39 is 29.3 Å². The van der Waals surface area contributed by atoms with E-state index in [2.05, 4.69) is 19.9 Å². The lowest BCUT2D eigenvalue weighted by atomic mass is 9.94. The van der Waals surface area contributed by atoms with Crippen LogP contribution in [-0.4, -0.2) is 80.5 Å². The van der Waals surface area contributed by atoms with Crippen molar-refractivity contribution in [1.82, 2.24) is 19.9 Å². The molecule has 4 aromatic rings. The summed E-state index contributed by atoms with van der Waals surface area (Å²) in [6.45, 7) is 3.89. The smallest absolute Gasteiger partial charge is 0.319 e. The molecule has 7 rings (SSSR count). The molecule has 9 nitrogen and oxygen atoms in total. The number of hydrogen-bond donors (Lipinski definition) is 2. The van der Waals surface area contributed by atoms with Crippen molar-refractivity contribution in [2.45, 2.75) is 50.7 Å². The average molecular weight is 608 g/mol. The molecule has 0 bridgehead atoms. The minimum absolute atomic E-state index is 0.00325. The van der Waals surface area contributed by atoms with Gasteiger partial charge in [-0.3, -0.25) is 14.7 Å². The van der Waals surface area contributed by atoms with Crippen molar-refractivity contribution in [1.29, 1.82) is 0 Å². The molecule has 12 heteroatoms. The summed E-state index contributed by atoms with van der Waals surface area (Å²) in [6, 6.07) is 5.64. The topological polar surface area (TPSA) is 112 Å². The van der Waals surface area contributed by atoms with E-state index in [1.54, 1.807) is 6.92 Å². The first-order valence-electron chi connectivity index (χ1n) is 14.9. The Morgan fingerprint density at radius 3 is 2.77 bits per heavy atom. The maximum atomic E-state index is 16.6. The number of rotatable bonds is 8. The Bertz CT molecular complexity index is 1800. The van der Waals surface area contributed by atoms with E-state index in [0.29, 0.717) is 60.0 Å². The van der Waals surface area contributed by atoms with Gasteiger partial charge in [-0.1, -0.05) is 13.0 Å². The SMILES string of the molecule is CCc1c(F)ccc2cc(O)cc(-c3ncc4c(N5CC(CC(=O)O)C5)nc(OC[C@@]56CCCN5C[C@H](F)C6)nc4c3F)c12. The number of anilines is 1. The molecule has 230 valence electrons. The van der Waals surface area contributed by atoms with Gasteiger partial charge in [0.25, 0.3) is 0 Å². The van der Waals surface area contributed by atoms with E-state index >= 15 is 4.39 Å². The standard InChI is InChI=1S/C32H32F3N5O4/c1-2-21-24(34)5-4-18-9-20(41)10-22(26(18)21)28-27(35)29-23(12-36-28)30(39-13-17(14-39)8-25(42)43)38-31(37-29)44-16-32-6-3-7-40(32)15-19(33)11-32/h4-5,9-10,12,17,19,41H,2-3,6-8,11,13-16H2,1H3,(H,42,43)/t19-,32+/m1/s1. The Labute approximate surface area is 251 Å². The molecular weight excluding hydrogens is 575 g/mol. The molecular formula is C32H32F3N5O4. The number of fused-ring (bicyclic) bond motifs is 3. The van der Waals surface area contributed by atoms with Gasteiger partial charge in [0.05, 0.1) is 17.3 Å². The number of aromatic hydroxyl groups is 1. The van der Waals surface area contributed by atoms with Crippen LogP contribution < -0.4 is 9.64 Å². The van der Waals surface area contributed by atoms with Gasteiger partial charge in [0.2, 0.25) is 0 Å². The summed E-state index contributed by atoms with van der Waals surface area (Å²) in [5, 5.41) is 21.0. The van der Waals surface area contributed by atoms with Gasteiger partial charge in [0, 0.05) is 43.7 Å². The molecule has 0 aliphatic carbocycles. The minimum atomic E-state index is -0.944. The lowest BCUT2D eigenvalue weighted by molar-refractivity contribution is -0.138. The molecule has 3 fully saturated rings. The molecule has 3 saturated heterocycles. The summed E-state index contributed by atoms with van der Waals surface area (Å²) in [7, 11) is 0. The van der Waals surface area contributed by atoms with Crippen LogP contribution in [0.15, 0.2) is 30.5 Å². The van der Waals surface area contributed by atoms with Gasteiger partial charge in [-0.25, -0.2) is 13.2 Å². The third kappa shape index (κ3) is 4.75. The molecule has 0 radical (unpaired) electrons. The van der Waals surface area contributed by atoms with Crippen LogP contribution in [0.3, 0.4) is 0 Å². The van der Waals surface area contributed by atoms with Crippen LogP contribution >= 0.6 is 0 Å². The fourth-order valence-electron chi connectivity index (χ4n) is 7.31. The second kappa shape index (κ2) is 10.8. The number of carbonyl (C=O) groups is 1. The number of aromatic nitrogens is 3. The number of aryl methyl sites for hydroxylation is 1. The van der Waals surface area contributed by atoms with Gasteiger partial charge in [-0.15, -0.1) is 0 Å². The maximum absolute atomic E-state index is 16.6. The number of phenols is 1. The second-order valence-electron chi connectivity index (χ2n) is 12.2. The first kappa shape index (κ1) is 28.6. The molecule has 2 atom stereocenters. The minimum Gasteiger partial charge on any atom is -0.508 e. The molecule has 2 N–H and O–H groups in total. The summed E-state index contributed by atoms with van der Waals surface area (Å²) in [5.74, 6) is -1.98. The number of aliphatic carboxylic acids is 1. The second-order valence-corrected chi connectivity index (χ2v) is 12.2. The van der Waals surface area contributed by atoms with Crippen LogP contribution in [0.1, 0.15) is 38.2 Å². The number of benzene rings is 2. The number of ether oxygens (including phenoxy) is 1. The predicted octanol–water partition coefficient (Wildman–Crippen LogP) is 5.26. The molecule has 3 aliphatic rings. The van der Waals surface area contributed by atoms with Crippen molar-refractivity contribution in [2.75, 3.05) is 37.7 Å². The molecule has 0 spiro atoms. The molecule has 0 amide bonds. The van der Waals surface area contributed by atoms with E-state index in [1.165, 1.54) is 30.5 Å². The third-order valence-corrected chi connectivity index (χ3v) is 9.36. The average Bonchev–Trinajstić information content (AvgIpc) is 3.49. The molecule has 2 aromatic carbocycles. The zero-order valence-corrected chi connectivity index (χ0v) is 24.2. The molecule has 0 unspecified atom stereocenters. The molecule has 2 aromatic heterocycles. The van der Waals surface area contributed by atoms with Crippen LogP contribution in [0.25, 0.3) is 32.9 Å². The van der Waals surface area contributed by atoms with Crippen molar-refractivity contribution in [3.63, 3.8) is 0 Å². The summed E-state index contributed by atoms with van der Waals surface area (Å²) >= 11 is 0. The van der Waals surface area contributed by atoms with Gasteiger partial charge in [0.15, 0.2) is 5.82 Å². The molecule has 0 saturated carbocycles. The van der Waals surface area contributed by atoms with Crippen molar-refractivity contribution >= 4 is 33.5 Å². The zero-order valence-electron chi connectivity index (χ0n) is 24.2. The van der Waals surface area contributed by atoms with Gasteiger partial charge < -0.3 is 19.8 Å². The first-order valence-corrected chi connectivity index (χ1v) is 14.9. The van der Waals surface area contributed by atoms with Gasteiger partial charge in [-0.05, 0) is 60.3 Å². The van der Waals surface area contributed by atoms with Gasteiger partial charge >= 0.3 is 12.0 Å². The number of alkyl halides is 1. The van der Waals surface area contributed by atoms with Crippen LogP contribution in [0, 0.1) is 17.6 Å². The third-order valence-electron chi connectivity index (χ3n) is 9.36. The normalized spacial score (nSPS) is 22.1. The van der Waals surface area contributed by atoms with Crippen LogP contribution in [-0.2, 0) is 11.2 Å². The van der Waals surface area contributed by atoms with Crippen molar-refractivity contribution < 1.29 is 32.9 Å². The number of nitrogens with zero attached hydrogens (tertiary/aromatic N) is 5. The van der Waals surface area contributed by atoms with Crippen molar-refractivity contribution in [3.8, 4) is 23.0 Å². The lowest BCUT2D eigenvalue weighted by Crippen LogP contribution is -2.48. The van der Waals surface area contributed by atoms with E-state index in [1.807, 2.05) is 4.90 Å². The highest BCUT2D eigenvalue weighted by atomic mass is 19.1. The van der Waals surface area contributed by atoms with E-state index in [4.69, 9.17) is 4.74 Å².